The highest BCUT2D eigenvalue weighted by atomic mass is 16.5. The Balaban J connectivity index is 1.24. The minimum Gasteiger partial charge on any atom is -0.489 e. The normalized spacial score (nSPS) is 10.3. The summed E-state index contributed by atoms with van der Waals surface area (Å²) in [5.41, 5.74) is 2.93. The lowest BCUT2D eigenvalue weighted by Gasteiger charge is -2.10. The zero-order chi connectivity index (χ0) is 22.9. The van der Waals surface area contributed by atoms with Crippen LogP contribution >= 0.6 is 0 Å². The highest BCUT2D eigenvalue weighted by Crippen LogP contribution is 2.18. The first-order valence-electron chi connectivity index (χ1n) is 10.6. The van der Waals surface area contributed by atoms with Crippen molar-refractivity contribution < 1.29 is 19.1 Å². The molecule has 0 bridgehead atoms. The molecule has 0 aliphatic rings. The van der Waals surface area contributed by atoms with E-state index in [1.54, 1.807) is 48.5 Å². The molecule has 0 fully saturated rings. The molecule has 0 radical (unpaired) electrons. The molecule has 4 aromatic rings. The van der Waals surface area contributed by atoms with Crippen molar-refractivity contribution in [1.29, 1.82) is 0 Å². The summed E-state index contributed by atoms with van der Waals surface area (Å²) in [4.78, 5) is 24.7. The fourth-order valence-corrected chi connectivity index (χ4v) is 3.18. The summed E-state index contributed by atoms with van der Waals surface area (Å²) in [7, 11) is 0. The molecule has 1 amide bonds. The van der Waals surface area contributed by atoms with E-state index in [1.165, 1.54) is 0 Å². The Labute approximate surface area is 192 Å². The van der Waals surface area contributed by atoms with E-state index in [1.807, 2.05) is 60.7 Å². The molecule has 5 heteroatoms. The maximum Gasteiger partial charge on any atom is 0.262 e. The third-order valence-corrected chi connectivity index (χ3v) is 4.91. The average Bonchev–Trinajstić information content (AvgIpc) is 2.88. The second kappa shape index (κ2) is 10.8. The molecule has 0 aliphatic heterocycles. The molecule has 0 spiro atoms. The van der Waals surface area contributed by atoms with Gasteiger partial charge in [-0.05, 0) is 54.1 Å². The van der Waals surface area contributed by atoms with Crippen molar-refractivity contribution in [1.82, 2.24) is 0 Å². The van der Waals surface area contributed by atoms with Crippen molar-refractivity contribution in [2.75, 3.05) is 11.9 Å². The van der Waals surface area contributed by atoms with Gasteiger partial charge >= 0.3 is 0 Å². The Morgan fingerprint density at radius 1 is 0.606 bits per heavy atom. The van der Waals surface area contributed by atoms with Crippen LogP contribution in [0.4, 0.5) is 5.69 Å². The Bertz CT molecular complexity index is 1190. The topological polar surface area (TPSA) is 64.6 Å². The summed E-state index contributed by atoms with van der Waals surface area (Å²) in [5.74, 6) is 0.895. The third-order valence-electron chi connectivity index (χ3n) is 4.91. The van der Waals surface area contributed by atoms with Gasteiger partial charge in [0.1, 0.15) is 18.1 Å². The molecular formula is C28H23NO4. The molecule has 0 aliphatic carbocycles. The minimum atomic E-state index is -0.280. The second-order valence-corrected chi connectivity index (χ2v) is 7.36. The molecule has 0 unspecified atom stereocenters. The van der Waals surface area contributed by atoms with Gasteiger partial charge in [0.25, 0.3) is 5.91 Å². The van der Waals surface area contributed by atoms with Crippen LogP contribution in [0.25, 0.3) is 0 Å². The summed E-state index contributed by atoms with van der Waals surface area (Å²) < 4.78 is 11.3. The molecule has 4 rings (SSSR count). The van der Waals surface area contributed by atoms with E-state index >= 15 is 0 Å². The van der Waals surface area contributed by atoms with Gasteiger partial charge in [-0.15, -0.1) is 0 Å². The van der Waals surface area contributed by atoms with E-state index < -0.39 is 0 Å². The fraction of sp³-hybridized carbons (Fsp3) is 0.0714. The molecule has 164 valence electrons. The number of amides is 1. The van der Waals surface area contributed by atoms with E-state index in [-0.39, 0.29) is 18.3 Å². The molecule has 0 atom stereocenters. The first-order chi connectivity index (χ1) is 16.2. The minimum absolute atomic E-state index is 0.0592. The second-order valence-electron chi connectivity index (χ2n) is 7.36. The van der Waals surface area contributed by atoms with Gasteiger partial charge in [-0.3, -0.25) is 9.59 Å². The van der Waals surface area contributed by atoms with E-state index in [0.29, 0.717) is 29.2 Å². The van der Waals surface area contributed by atoms with Crippen molar-refractivity contribution in [3.8, 4) is 11.5 Å². The predicted molar refractivity (Wildman–Crippen MR) is 128 cm³/mol. The number of nitrogens with one attached hydrogen (secondary N) is 1. The zero-order valence-corrected chi connectivity index (χ0v) is 17.9. The number of carbonyl (C=O) groups is 2. The molecular weight excluding hydrogens is 414 g/mol. The van der Waals surface area contributed by atoms with Crippen LogP contribution in [0.15, 0.2) is 109 Å². The van der Waals surface area contributed by atoms with Crippen molar-refractivity contribution >= 4 is 17.4 Å². The molecule has 4 aromatic carbocycles. The van der Waals surface area contributed by atoms with Crippen LogP contribution in [0, 0.1) is 0 Å². The van der Waals surface area contributed by atoms with Crippen molar-refractivity contribution in [2.24, 2.45) is 0 Å². The van der Waals surface area contributed by atoms with Crippen LogP contribution in [0.3, 0.4) is 0 Å². The average molecular weight is 437 g/mol. The van der Waals surface area contributed by atoms with Gasteiger partial charge < -0.3 is 14.8 Å². The lowest BCUT2D eigenvalue weighted by Crippen LogP contribution is -2.20. The number of rotatable bonds is 9. The highest BCUT2D eigenvalue weighted by molar-refractivity contribution is 6.09. The molecule has 33 heavy (non-hydrogen) atoms. The number of carbonyl (C=O) groups excluding carboxylic acids is 2. The van der Waals surface area contributed by atoms with E-state index in [4.69, 9.17) is 9.47 Å². The number of hydrogen-bond donors (Lipinski definition) is 1. The quantitative estimate of drug-likeness (QED) is 0.351. The molecule has 0 saturated carbocycles. The lowest BCUT2D eigenvalue weighted by atomic mass is 10.0. The first-order valence-corrected chi connectivity index (χ1v) is 10.6. The maximum atomic E-state index is 12.5. The van der Waals surface area contributed by atoms with E-state index in [2.05, 4.69) is 5.32 Å². The number of hydrogen-bond acceptors (Lipinski definition) is 4. The van der Waals surface area contributed by atoms with E-state index in [0.717, 1.165) is 11.3 Å². The summed E-state index contributed by atoms with van der Waals surface area (Å²) in [6.45, 7) is 0.342. The number of ketones is 1. The van der Waals surface area contributed by atoms with Crippen molar-refractivity contribution in [3.63, 3.8) is 0 Å². The fourth-order valence-electron chi connectivity index (χ4n) is 3.18. The maximum absolute atomic E-state index is 12.5. The van der Waals surface area contributed by atoms with Crippen LogP contribution in [-0.4, -0.2) is 18.3 Å². The first kappa shape index (κ1) is 21.8. The summed E-state index contributed by atoms with van der Waals surface area (Å²) in [6, 6.07) is 32.9. The van der Waals surface area contributed by atoms with Crippen LogP contribution < -0.4 is 14.8 Å². The SMILES string of the molecule is O=C(COc1ccc(C(=O)c2ccccc2)cc1)Nc1ccc(OCc2ccccc2)cc1. The molecule has 1 N–H and O–H groups in total. The standard InChI is InChI=1S/C28H23NO4/c30-27(29-24-13-17-26(18-14-24)32-19-21-7-3-1-4-8-21)20-33-25-15-11-23(12-16-25)28(31)22-9-5-2-6-10-22/h1-18H,19-20H2,(H,29,30). The Morgan fingerprint density at radius 2 is 1.15 bits per heavy atom. The molecule has 0 heterocycles. The van der Waals surface area contributed by atoms with Gasteiger partial charge in [-0.25, -0.2) is 0 Å². The molecule has 0 saturated heterocycles. The van der Waals surface area contributed by atoms with Crippen LogP contribution in [-0.2, 0) is 11.4 Å². The van der Waals surface area contributed by atoms with Gasteiger partial charge in [0, 0.05) is 16.8 Å². The van der Waals surface area contributed by atoms with Gasteiger partial charge in [0.15, 0.2) is 12.4 Å². The molecule has 0 aromatic heterocycles. The number of ether oxygens (including phenoxy) is 2. The highest BCUT2D eigenvalue weighted by Gasteiger charge is 2.09. The Kier molecular flexibility index (Phi) is 7.13. The van der Waals surface area contributed by atoms with E-state index in [9.17, 15) is 9.59 Å². The predicted octanol–water partition coefficient (Wildman–Crippen LogP) is 5.51. The van der Waals surface area contributed by atoms with Crippen molar-refractivity contribution in [3.05, 3.63) is 126 Å². The number of anilines is 1. The monoisotopic (exact) mass is 437 g/mol. The van der Waals surface area contributed by atoms with Gasteiger partial charge in [0.2, 0.25) is 0 Å². The third kappa shape index (κ3) is 6.31. The molecule has 5 nitrogen and oxygen atoms in total. The zero-order valence-electron chi connectivity index (χ0n) is 17.9. The van der Waals surface area contributed by atoms with Gasteiger partial charge in [-0.1, -0.05) is 60.7 Å². The smallest absolute Gasteiger partial charge is 0.262 e. The van der Waals surface area contributed by atoms with Crippen molar-refractivity contribution in [2.45, 2.75) is 6.61 Å². The number of benzene rings is 4. The largest absolute Gasteiger partial charge is 0.489 e. The van der Waals surface area contributed by atoms with Gasteiger partial charge in [0.05, 0.1) is 0 Å². The summed E-state index contributed by atoms with van der Waals surface area (Å²) in [6.07, 6.45) is 0. The van der Waals surface area contributed by atoms with Crippen LogP contribution in [0.2, 0.25) is 0 Å². The summed E-state index contributed by atoms with van der Waals surface area (Å²) >= 11 is 0. The Hall–Kier alpha value is -4.38. The van der Waals surface area contributed by atoms with Gasteiger partial charge in [-0.2, -0.15) is 0 Å². The Morgan fingerprint density at radius 3 is 1.82 bits per heavy atom. The van der Waals surface area contributed by atoms with Crippen LogP contribution in [0.5, 0.6) is 11.5 Å². The lowest BCUT2D eigenvalue weighted by molar-refractivity contribution is -0.118. The summed E-state index contributed by atoms with van der Waals surface area (Å²) in [5, 5.41) is 2.79. The van der Waals surface area contributed by atoms with Crippen LogP contribution in [0.1, 0.15) is 21.5 Å².